The van der Waals surface area contributed by atoms with Crippen LogP contribution in [0.5, 0.6) is 0 Å². The van der Waals surface area contributed by atoms with Crippen LogP contribution in [0.3, 0.4) is 0 Å². The molecule has 2 saturated heterocycles. The van der Waals surface area contributed by atoms with Crippen LogP contribution < -0.4 is 36.8 Å². The molecule has 4 amide bonds. The molecule has 94 heavy (non-hydrogen) atoms. The quantitative estimate of drug-likeness (QED) is 0.0453. The number of likely N-dealkylation sites (N-methyl/N-ethyl adjacent to an activating group) is 1. The SMILES string of the molecule is CC(=O)c1cccnc1N1CCN(C(=O)C(Cc2ccc(Cl)cc2)NC(=O)C2Cc3ccccc3CN2C)CC1.CC(NCCc1cccs1)c1cccnc1N1CCN(C(=O)C(Cc2ccc(Cl)cc2)NC(=O)C2Cc3ccccc3CN2)CC1.NCCc1cccs1. The molecule has 17 nitrogen and oxygen atoms in total. The van der Waals surface area contributed by atoms with Crippen LogP contribution in [-0.4, -0.2) is 151 Å². The van der Waals surface area contributed by atoms with Crippen molar-refractivity contribution in [1.29, 1.82) is 0 Å². The van der Waals surface area contributed by atoms with E-state index in [9.17, 15) is 24.0 Å². The van der Waals surface area contributed by atoms with Crippen LogP contribution in [0.1, 0.15) is 78.9 Å². The van der Waals surface area contributed by atoms with Crippen molar-refractivity contribution in [2.75, 3.05) is 82.3 Å². The summed E-state index contributed by atoms with van der Waals surface area (Å²) in [6, 6.07) is 45.3. The van der Waals surface area contributed by atoms with Crippen molar-refractivity contribution >= 4 is 86.9 Å². The second-order valence-corrected chi connectivity index (χ2v) is 27.1. The summed E-state index contributed by atoms with van der Waals surface area (Å²) >= 11 is 15.8. The van der Waals surface area contributed by atoms with Crippen LogP contribution in [0.4, 0.5) is 11.6 Å². The van der Waals surface area contributed by atoms with E-state index in [4.69, 9.17) is 33.9 Å². The van der Waals surface area contributed by atoms with Crippen molar-refractivity contribution in [1.82, 2.24) is 45.9 Å². The van der Waals surface area contributed by atoms with E-state index in [-0.39, 0.29) is 41.5 Å². The lowest BCUT2D eigenvalue weighted by molar-refractivity contribution is -0.138. The zero-order valence-electron chi connectivity index (χ0n) is 53.6. The molecule has 6 N–H and O–H groups in total. The van der Waals surface area contributed by atoms with Gasteiger partial charge in [0.1, 0.15) is 23.7 Å². The fraction of sp³-hybridized carbons (Fsp3) is 0.356. The number of nitrogens with zero attached hydrogens (tertiary/aromatic N) is 7. The first kappa shape index (κ1) is 69.0. The van der Waals surface area contributed by atoms with E-state index in [1.807, 2.05) is 94.7 Å². The second-order valence-electron chi connectivity index (χ2n) is 24.2. The first-order valence-electron chi connectivity index (χ1n) is 32.3. The van der Waals surface area contributed by atoms with Gasteiger partial charge in [0.2, 0.25) is 23.6 Å². The van der Waals surface area contributed by atoms with Crippen LogP contribution >= 0.6 is 45.9 Å². The van der Waals surface area contributed by atoms with Crippen molar-refractivity contribution in [2.24, 2.45) is 5.73 Å². The van der Waals surface area contributed by atoms with Gasteiger partial charge in [-0.25, -0.2) is 9.97 Å². The number of fused-ring (bicyclic) bond motifs is 2. The number of hydrogen-bond acceptors (Lipinski definition) is 15. The Bertz CT molecular complexity index is 3770. The molecule has 0 bridgehead atoms. The van der Waals surface area contributed by atoms with Gasteiger partial charge in [-0.1, -0.05) is 114 Å². The molecule has 12 rings (SSSR count). The standard InChI is InChI=1S/C36H41ClN6O2S.C31H34ClN5O3.C6H9NS/c1-25(38-16-14-30-8-5-21-46-30)31-9-4-15-39-34(31)42-17-19-43(20-18-42)36(45)33(22-26-10-12-29(37)13-11-26)41-35(44)32-23-27-6-2-3-7-28(27)24-40-32;1-21(38)26-8-5-13-33-29(26)36-14-16-37(17-15-36)31(40)27(18-22-9-11-25(32)12-10-22)34-30(39)28-19-23-6-3-4-7-24(23)20-35(28)2;7-4-3-6-2-1-5-8-6/h2-13,15,21,25,32-33,38,40H,14,16-20,22-24H2,1H3,(H,41,44);3-13,27-28H,14-20H2,1-2H3,(H,34,39);1-2,5H,3-4,7H2. The average molecular weight is 1340 g/mol. The first-order valence-corrected chi connectivity index (χ1v) is 34.8. The number of ketones is 1. The number of nitrogens with two attached hydrogens (primary N) is 1. The Labute approximate surface area is 570 Å². The first-order chi connectivity index (χ1) is 45.7. The molecule has 4 aromatic carbocycles. The molecule has 21 heteroatoms. The van der Waals surface area contributed by atoms with Crippen LogP contribution in [-0.2, 0) is 70.8 Å². The molecule has 8 aromatic rings. The molecule has 0 spiro atoms. The maximum Gasteiger partial charge on any atom is 0.245 e. The third-order valence-electron chi connectivity index (χ3n) is 17.7. The lowest BCUT2D eigenvalue weighted by Gasteiger charge is -2.38. The van der Waals surface area contributed by atoms with Gasteiger partial charge in [-0.3, -0.25) is 28.9 Å². The lowest BCUT2D eigenvalue weighted by Crippen LogP contribution is -2.58. The number of Topliss-reactive ketones (excluding diaryl/α,β-unsaturated/α-hetero) is 1. The average Bonchev–Trinajstić information content (AvgIpc) is 0.960. The molecule has 8 heterocycles. The molecular weight excluding hydrogens is 1260 g/mol. The number of hydrogen-bond donors (Lipinski definition) is 5. The number of pyridine rings is 2. The second kappa shape index (κ2) is 34.0. The zero-order chi connectivity index (χ0) is 65.9. The van der Waals surface area contributed by atoms with E-state index in [2.05, 4.69) is 103 Å². The van der Waals surface area contributed by atoms with Gasteiger partial charge in [-0.2, -0.15) is 0 Å². The van der Waals surface area contributed by atoms with E-state index >= 15 is 0 Å². The normalized spacial score (nSPS) is 17.2. The molecule has 0 saturated carbocycles. The molecular formula is C73H84Cl2N12O5S2. The molecule has 5 unspecified atom stereocenters. The van der Waals surface area contributed by atoms with Crippen LogP contribution in [0.25, 0.3) is 0 Å². The predicted octanol–water partition coefficient (Wildman–Crippen LogP) is 9.40. The van der Waals surface area contributed by atoms with Crippen molar-refractivity contribution in [3.63, 3.8) is 0 Å². The number of anilines is 2. The third kappa shape index (κ3) is 18.8. The number of carbonyl (C=O) groups excluding carboxylic acids is 5. The van der Waals surface area contributed by atoms with E-state index in [1.54, 1.807) is 58.0 Å². The summed E-state index contributed by atoms with van der Waals surface area (Å²) < 4.78 is 0. The van der Waals surface area contributed by atoms with E-state index in [0.29, 0.717) is 113 Å². The monoisotopic (exact) mass is 1340 g/mol. The highest BCUT2D eigenvalue weighted by molar-refractivity contribution is 7.10. The third-order valence-corrected chi connectivity index (χ3v) is 20.1. The summed E-state index contributed by atoms with van der Waals surface area (Å²) in [6.45, 7) is 11.2. The van der Waals surface area contributed by atoms with E-state index < -0.39 is 18.1 Å². The van der Waals surface area contributed by atoms with E-state index in [1.165, 1.54) is 33.4 Å². The largest absolute Gasteiger partial charge is 0.353 e. The fourth-order valence-corrected chi connectivity index (χ4v) is 14.2. The van der Waals surface area contributed by atoms with E-state index in [0.717, 1.165) is 54.0 Å². The Hall–Kier alpha value is -7.85. The number of amides is 4. The summed E-state index contributed by atoms with van der Waals surface area (Å²) in [5.74, 6) is 1.08. The van der Waals surface area contributed by atoms with Crippen LogP contribution in [0.2, 0.25) is 10.0 Å². The van der Waals surface area contributed by atoms with Crippen molar-refractivity contribution < 1.29 is 24.0 Å². The minimum Gasteiger partial charge on any atom is -0.353 e. The highest BCUT2D eigenvalue weighted by Crippen LogP contribution is 2.28. The number of thiophene rings is 2. The Kier molecular flexibility index (Phi) is 25.0. The number of benzene rings is 4. The summed E-state index contributed by atoms with van der Waals surface area (Å²) in [5, 5.41) is 18.7. The molecule has 2 fully saturated rings. The van der Waals surface area contributed by atoms with Crippen molar-refractivity contribution in [3.8, 4) is 0 Å². The maximum absolute atomic E-state index is 14.0. The van der Waals surface area contributed by atoms with Crippen LogP contribution in [0, 0.1) is 0 Å². The van der Waals surface area contributed by atoms with Crippen molar-refractivity contribution in [3.05, 3.63) is 233 Å². The molecule has 4 aromatic heterocycles. The molecule has 492 valence electrons. The van der Waals surface area contributed by atoms with Crippen LogP contribution in [0.15, 0.2) is 169 Å². The smallest absolute Gasteiger partial charge is 0.245 e. The molecule has 0 aliphatic carbocycles. The molecule has 4 aliphatic rings. The summed E-state index contributed by atoms with van der Waals surface area (Å²) in [6.07, 6.45) is 7.49. The number of piperazine rings is 2. The fourth-order valence-electron chi connectivity index (χ4n) is 12.5. The number of aromatic nitrogens is 2. The summed E-state index contributed by atoms with van der Waals surface area (Å²) in [4.78, 5) is 89.2. The van der Waals surface area contributed by atoms with Gasteiger partial charge in [0.25, 0.3) is 0 Å². The summed E-state index contributed by atoms with van der Waals surface area (Å²) in [7, 11) is 1.95. The Morgan fingerprint density at radius 2 is 1.11 bits per heavy atom. The maximum atomic E-state index is 14.0. The van der Waals surface area contributed by atoms with Gasteiger partial charge in [-0.05, 0) is 152 Å². The Morgan fingerprint density at radius 3 is 1.66 bits per heavy atom. The van der Waals surface area contributed by atoms with Crippen molar-refractivity contribution in [2.45, 2.75) is 95.7 Å². The highest BCUT2D eigenvalue weighted by atomic mass is 35.5. The minimum absolute atomic E-state index is 0.0392. The number of halogens is 2. The molecule has 5 atom stereocenters. The predicted molar refractivity (Wildman–Crippen MR) is 378 cm³/mol. The lowest BCUT2D eigenvalue weighted by atomic mass is 9.93. The summed E-state index contributed by atoms with van der Waals surface area (Å²) in [5.41, 5.74) is 13.7. The van der Waals surface area contributed by atoms with Gasteiger partial charge in [0.05, 0.1) is 17.6 Å². The Balaban J connectivity index is 0.000000184. The van der Waals surface area contributed by atoms with Gasteiger partial charge < -0.3 is 46.6 Å². The topological polar surface area (TPSA) is 201 Å². The highest BCUT2D eigenvalue weighted by Gasteiger charge is 2.36. The van der Waals surface area contributed by atoms with Gasteiger partial charge in [0.15, 0.2) is 5.78 Å². The Morgan fingerprint density at radius 1 is 0.596 bits per heavy atom. The number of carbonyl (C=O) groups is 5. The molecule has 0 radical (unpaired) electrons. The zero-order valence-corrected chi connectivity index (χ0v) is 56.7. The minimum atomic E-state index is -0.714. The van der Waals surface area contributed by atoms with Gasteiger partial charge >= 0.3 is 0 Å². The number of rotatable bonds is 20. The van der Waals surface area contributed by atoms with Gasteiger partial charge in [0, 0.05) is 129 Å². The van der Waals surface area contributed by atoms with Gasteiger partial charge in [-0.15, -0.1) is 22.7 Å². The number of nitrogens with one attached hydrogen (secondary N) is 4. The molecule has 4 aliphatic heterocycles.